The highest BCUT2D eigenvalue weighted by atomic mass is 35.5. The van der Waals surface area contributed by atoms with Crippen LogP contribution in [0.5, 0.6) is 0 Å². The highest BCUT2D eigenvalue weighted by Crippen LogP contribution is 2.32. The fourth-order valence-corrected chi connectivity index (χ4v) is 4.52. The number of nitrogens with one attached hydrogen (secondary N) is 1. The molecule has 4 aromatic rings. The molecule has 0 saturated heterocycles. The van der Waals surface area contributed by atoms with E-state index < -0.39 is 0 Å². The van der Waals surface area contributed by atoms with Gasteiger partial charge in [0.2, 0.25) is 5.13 Å². The van der Waals surface area contributed by atoms with Gasteiger partial charge in [-0.1, -0.05) is 52.9 Å². The summed E-state index contributed by atoms with van der Waals surface area (Å²) in [6.07, 6.45) is 1.77. The number of rotatable bonds is 6. The van der Waals surface area contributed by atoms with Crippen LogP contribution in [0.2, 0.25) is 5.02 Å². The van der Waals surface area contributed by atoms with Crippen LogP contribution in [0.3, 0.4) is 0 Å². The molecule has 0 aliphatic heterocycles. The molecule has 0 amide bonds. The molecule has 0 aliphatic rings. The van der Waals surface area contributed by atoms with Gasteiger partial charge < -0.3 is 5.32 Å². The largest absolute Gasteiger partial charge is 0.356 e. The second-order valence-corrected chi connectivity index (χ2v) is 8.36. The number of pyridine rings is 1. The van der Waals surface area contributed by atoms with Gasteiger partial charge >= 0.3 is 0 Å². The molecule has 0 radical (unpaired) electrons. The second-order valence-electron chi connectivity index (χ2n) is 5.75. The first-order valence-electron chi connectivity index (χ1n) is 8.16. The van der Waals surface area contributed by atoms with E-state index in [-0.39, 0.29) is 5.82 Å². The molecular weight excluding hydrogens is 403 g/mol. The van der Waals surface area contributed by atoms with Gasteiger partial charge in [0.05, 0.1) is 5.52 Å². The average Bonchev–Trinajstić information content (AvgIpc) is 3.15. The monoisotopic (exact) mass is 416 g/mol. The van der Waals surface area contributed by atoms with Crippen LogP contribution in [-0.2, 0) is 12.3 Å². The van der Waals surface area contributed by atoms with E-state index in [9.17, 15) is 4.39 Å². The van der Waals surface area contributed by atoms with E-state index in [0.29, 0.717) is 11.6 Å². The number of nitrogens with zero attached hydrogens (tertiary/aromatic N) is 3. The normalized spacial score (nSPS) is 11.0. The van der Waals surface area contributed by atoms with E-state index in [1.54, 1.807) is 30.1 Å². The van der Waals surface area contributed by atoms with Crippen molar-refractivity contribution in [3.63, 3.8) is 0 Å². The number of benzene rings is 2. The number of fused-ring (bicyclic) bond motifs is 1. The van der Waals surface area contributed by atoms with Crippen LogP contribution in [0.15, 0.2) is 59.1 Å². The lowest BCUT2D eigenvalue weighted by atomic mass is 10.1. The third kappa shape index (κ3) is 4.37. The molecule has 2 aromatic heterocycles. The van der Waals surface area contributed by atoms with Gasteiger partial charge in [-0.3, -0.25) is 4.98 Å². The van der Waals surface area contributed by atoms with Gasteiger partial charge in [-0.05, 0) is 41.5 Å². The van der Waals surface area contributed by atoms with Crippen molar-refractivity contribution in [1.29, 1.82) is 0 Å². The van der Waals surface area contributed by atoms with Gasteiger partial charge in [0.1, 0.15) is 5.82 Å². The van der Waals surface area contributed by atoms with Crippen LogP contribution < -0.4 is 5.32 Å². The van der Waals surface area contributed by atoms with Crippen molar-refractivity contribution < 1.29 is 4.39 Å². The first kappa shape index (κ1) is 18.2. The predicted octanol–water partition coefficient (Wildman–Crippen LogP) is 5.78. The zero-order valence-corrected chi connectivity index (χ0v) is 16.4. The quantitative estimate of drug-likeness (QED) is 0.403. The number of anilines is 1. The van der Waals surface area contributed by atoms with E-state index in [1.807, 2.05) is 24.3 Å². The Kier molecular flexibility index (Phi) is 5.52. The Morgan fingerprint density at radius 1 is 1.07 bits per heavy atom. The predicted molar refractivity (Wildman–Crippen MR) is 110 cm³/mol. The van der Waals surface area contributed by atoms with Crippen LogP contribution in [0, 0.1) is 5.82 Å². The van der Waals surface area contributed by atoms with Crippen molar-refractivity contribution in [1.82, 2.24) is 15.2 Å². The Hall–Kier alpha value is -2.22. The molecule has 0 aliphatic carbocycles. The number of aromatic nitrogens is 3. The molecular formula is C19H14ClFN4S2. The Bertz CT molecular complexity index is 1070. The van der Waals surface area contributed by atoms with Crippen LogP contribution in [0.25, 0.3) is 10.9 Å². The summed E-state index contributed by atoms with van der Waals surface area (Å²) in [5.41, 5.74) is 3.01. The minimum absolute atomic E-state index is 0.238. The van der Waals surface area contributed by atoms with E-state index in [4.69, 9.17) is 11.6 Å². The summed E-state index contributed by atoms with van der Waals surface area (Å²) in [5.74, 6) is 0.495. The lowest BCUT2D eigenvalue weighted by Crippen LogP contribution is -1.98. The van der Waals surface area contributed by atoms with Crippen LogP contribution >= 0.6 is 34.7 Å². The standard InChI is InChI=1S/C19H14ClFN4S2/c20-16-8-5-13(17-15(16)2-1-9-22-17)11-26-19-25-24-18(27-19)23-10-12-3-6-14(21)7-4-12/h1-9H,10-11H2,(H,23,24). The summed E-state index contributed by atoms with van der Waals surface area (Å²) in [6.45, 7) is 0.575. The van der Waals surface area contributed by atoms with Gasteiger partial charge in [-0.15, -0.1) is 10.2 Å². The Balaban J connectivity index is 1.40. The minimum atomic E-state index is -0.238. The minimum Gasteiger partial charge on any atom is -0.356 e. The third-order valence-electron chi connectivity index (χ3n) is 3.91. The molecule has 8 heteroatoms. The van der Waals surface area contributed by atoms with Gasteiger partial charge in [0.25, 0.3) is 0 Å². The summed E-state index contributed by atoms with van der Waals surface area (Å²) in [4.78, 5) is 4.46. The molecule has 0 unspecified atom stereocenters. The van der Waals surface area contributed by atoms with Crippen molar-refractivity contribution in [3.8, 4) is 0 Å². The third-order valence-corrected chi connectivity index (χ3v) is 6.31. The molecule has 27 heavy (non-hydrogen) atoms. The number of hydrogen-bond acceptors (Lipinski definition) is 6. The summed E-state index contributed by atoms with van der Waals surface area (Å²) >= 11 is 9.35. The number of thioether (sulfide) groups is 1. The molecule has 0 fully saturated rings. The molecule has 0 saturated carbocycles. The van der Waals surface area contributed by atoms with Gasteiger partial charge in [0.15, 0.2) is 4.34 Å². The Morgan fingerprint density at radius 3 is 2.78 bits per heavy atom. The average molecular weight is 417 g/mol. The van der Waals surface area contributed by atoms with Crippen molar-refractivity contribution in [2.75, 3.05) is 5.32 Å². The molecule has 2 aromatic carbocycles. The Labute approximate surface area is 168 Å². The Morgan fingerprint density at radius 2 is 1.93 bits per heavy atom. The lowest BCUT2D eigenvalue weighted by Gasteiger charge is -2.05. The lowest BCUT2D eigenvalue weighted by molar-refractivity contribution is 0.627. The van der Waals surface area contributed by atoms with Crippen LogP contribution in [-0.4, -0.2) is 15.2 Å². The molecule has 4 nitrogen and oxygen atoms in total. The molecule has 2 heterocycles. The van der Waals surface area contributed by atoms with Gasteiger partial charge in [-0.25, -0.2) is 4.39 Å². The second kappa shape index (κ2) is 8.21. The molecule has 4 rings (SSSR count). The van der Waals surface area contributed by atoms with E-state index in [1.165, 1.54) is 23.5 Å². The molecule has 1 N–H and O–H groups in total. The summed E-state index contributed by atoms with van der Waals surface area (Å²) in [7, 11) is 0. The van der Waals surface area contributed by atoms with Crippen LogP contribution in [0.4, 0.5) is 9.52 Å². The van der Waals surface area contributed by atoms with Gasteiger partial charge in [0, 0.05) is 28.9 Å². The number of hydrogen-bond donors (Lipinski definition) is 1. The maximum absolute atomic E-state index is 12.9. The molecule has 0 bridgehead atoms. The van der Waals surface area contributed by atoms with E-state index in [2.05, 4.69) is 20.5 Å². The fourth-order valence-electron chi connectivity index (χ4n) is 2.57. The van der Waals surface area contributed by atoms with Crippen LogP contribution in [0.1, 0.15) is 11.1 Å². The zero-order valence-electron chi connectivity index (χ0n) is 14.0. The fraction of sp³-hybridized carbons (Fsp3) is 0.105. The van der Waals surface area contributed by atoms with Crippen molar-refractivity contribution >= 4 is 50.7 Å². The zero-order chi connectivity index (χ0) is 18.6. The highest BCUT2D eigenvalue weighted by Gasteiger charge is 2.09. The van der Waals surface area contributed by atoms with E-state index in [0.717, 1.165) is 37.3 Å². The SMILES string of the molecule is Fc1ccc(CNc2nnc(SCc3ccc(Cl)c4cccnc34)s2)cc1. The van der Waals surface area contributed by atoms with Crippen molar-refractivity contribution in [2.45, 2.75) is 16.6 Å². The summed E-state index contributed by atoms with van der Waals surface area (Å²) in [6, 6.07) is 14.1. The summed E-state index contributed by atoms with van der Waals surface area (Å²) in [5, 5.41) is 14.0. The van der Waals surface area contributed by atoms with E-state index >= 15 is 0 Å². The summed E-state index contributed by atoms with van der Waals surface area (Å²) < 4.78 is 13.8. The smallest absolute Gasteiger partial charge is 0.206 e. The topological polar surface area (TPSA) is 50.7 Å². The molecule has 0 atom stereocenters. The van der Waals surface area contributed by atoms with Crippen molar-refractivity contribution in [3.05, 3.63) is 76.7 Å². The first-order chi connectivity index (χ1) is 13.2. The number of halogens is 2. The molecule has 136 valence electrons. The van der Waals surface area contributed by atoms with Gasteiger partial charge in [-0.2, -0.15) is 0 Å². The first-order valence-corrected chi connectivity index (χ1v) is 10.3. The highest BCUT2D eigenvalue weighted by molar-refractivity contribution is 8.00. The molecule has 0 spiro atoms. The van der Waals surface area contributed by atoms with Crippen molar-refractivity contribution in [2.24, 2.45) is 0 Å². The maximum Gasteiger partial charge on any atom is 0.206 e. The maximum atomic E-state index is 12.9.